The number of morpholine rings is 1. The Bertz CT molecular complexity index is 546. The Balaban J connectivity index is 1.79. The third kappa shape index (κ3) is 2.80. The van der Waals surface area contributed by atoms with Crippen LogP contribution in [0.4, 0.5) is 5.69 Å². The van der Waals surface area contributed by atoms with Crippen molar-refractivity contribution < 1.29 is 4.74 Å². The predicted octanol–water partition coefficient (Wildman–Crippen LogP) is 2.76. The van der Waals surface area contributed by atoms with Crippen LogP contribution in [0.1, 0.15) is 13.8 Å². The number of nitrogens with zero attached hydrogens (tertiary/aromatic N) is 3. The summed E-state index contributed by atoms with van der Waals surface area (Å²) in [5.74, 6) is 0. The highest BCUT2D eigenvalue weighted by Gasteiger charge is 2.22. The fourth-order valence-corrected chi connectivity index (χ4v) is 2.68. The van der Waals surface area contributed by atoms with E-state index in [1.165, 1.54) is 5.69 Å². The number of anilines is 1. The Morgan fingerprint density at radius 1 is 1.05 bits per heavy atom. The molecule has 1 fully saturated rings. The fraction of sp³-hybridized carbons (Fsp3) is 0.375. The number of hydrogen-bond donors (Lipinski definition) is 0. The number of ether oxygens (including phenoxy) is 1. The van der Waals surface area contributed by atoms with Crippen molar-refractivity contribution >= 4 is 5.69 Å². The molecule has 2 atom stereocenters. The van der Waals surface area contributed by atoms with E-state index in [9.17, 15) is 0 Å². The molecule has 1 saturated heterocycles. The molecular weight excluding hydrogens is 250 g/mol. The number of aromatic nitrogens is 2. The maximum atomic E-state index is 5.77. The summed E-state index contributed by atoms with van der Waals surface area (Å²) in [5, 5.41) is 0. The van der Waals surface area contributed by atoms with Gasteiger partial charge in [0, 0.05) is 36.7 Å². The second-order valence-corrected chi connectivity index (χ2v) is 5.30. The van der Waals surface area contributed by atoms with Crippen molar-refractivity contribution in [2.45, 2.75) is 26.1 Å². The SMILES string of the molecule is CC1CN(c2ccc(-c3cnccn3)cc2)CC(C)O1. The smallest absolute Gasteiger partial charge is 0.0885 e. The molecule has 4 nitrogen and oxygen atoms in total. The fourth-order valence-electron chi connectivity index (χ4n) is 2.68. The lowest BCUT2D eigenvalue weighted by molar-refractivity contribution is -0.00521. The quantitative estimate of drug-likeness (QED) is 0.840. The number of benzene rings is 1. The van der Waals surface area contributed by atoms with Gasteiger partial charge in [0.2, 0.25) is 0 Å². The van der Waals surface area contributed by atoms with Gasteiger partial charge in [-0.25, -0.2) is 0 Å². The Morgan fingerprint density at radius 2 is 1.75 bits per heavy atom. The molecule has 0 bridgehead atoms. The summed E-state index contributed by atoms with van der Waals surface area (Å²) in [6.07, 6.45) is 5.74. The Morgan fingerprint density at radius 3 is 2.35 bits per heavy atom. The summed E-state index contributed by atoms with van der Waals surface area (Å²) in [7, 11) is 0. The van der Waals surface area contributed by atoms with Crippen LogP contribution >= 0.6 is 0 Å². The molecule has 0 spiro atoms. The van der Waals surface area contributed by atoms with Gasteiger partial charge in [-0.15, -0.1) is 0 Å². The first-order chi connectivity index (χ1) is 9.72. The van der Waals surface area contributed by atoms with Crippen molar-refractivity contribution in [3.05, 3.63) is 42.9 Å². The van der Waals surface area contributed by atoms with Gasteiger partial charge >= 0.3 is 0 Å². The molecule has 2 heterocycles. The van der Waals surface area contributed by atoms with Crippen LogP contribution in [-0.4, -0.2) is 35.3 Å². The normalized spacial score (nSPS) is 22.8. The van der Waals surface area contributed by atoms with Gasteiger partial charge in [0.25, 0.3) is 0 Å². The molecule has 2 aromatic rings. The van der Waals surface area contributed by atoms with E-state index in [-0.39, 0.29) is 12.2 Å². The standard InChI is InChI=1S/C16H19N3O/c1-12-10-19(11-13(2)20-12)15-5-3-14(4-6-15)16-9-17-7-8-18-16/h3-9,12-13H,10-11H2,1-2H3. The summed E-state index contributed by atoms with van der Waals surface area (Å²) in [6.45, 7) is 6.12. The molecule has 0 amide bonds. The molecule has 20 heavy (non-hydrogen) atoms. The van der Waals surface area contributed by atoms with Crippen molar-refractivity contribution in [3.8, 4) is 11.3 Å². The van der Waals surface area contributed by atoms with Gasteiger partial charge < -0.3 is 9.64 Å². The summed E-state index contributed by atoms with van der Waals surface area (Å²) in [4.78, 5) is 10.8. The van der Waals surface area contributed by atoms with Crippen LogP contribution in [0.15, 0.2) is 42.9 Å². The minimum absolute atomic E-state index is 0.276. The average Bonchev–Trinajstić information content (AvgIpc) is 2.47. The van der Waals surface area contributed by atoms with Crippen molar-refractivity contribution in [1.82, 2.24) is 9.97 Å². The van der Waals surface area contributed by atoms with E-state index in [0.29, 0.717) is 0 Å². The van der Waals surface area contributed by atoms with Crippen molar-refractivity contribution in [1.29, 1.82) is 0 Å². The zero-order chi connectivity index (χ0) is 13.9. The second-order valence-electron chi connectivity index (χ2n) is 5.30. The zero-order valence-electron chi connectivity index (χ0n) is 11.9. The van der Waals surface area contributed by atoms with Crippen LogP contribution in [0.25, 0.3) is 11.3 Å². The van der Waals surface area contributed by atoms with Crippen molar-refractivity contribution in [2.75, 3.05) is 18.0 Å². The molecule has 0 saturated carbocycles. The Hall–Kier alpha value is -1.94. The molecule has 1 aromatic carbocycles. The summed E-state index contributed by atoms with van der Waals surface area (Å²) >= 11 is 0. The molecule has 4 heteroatoms. The van der Waals surface area contributed by atoms with E-state index in [0.717, 1.165) is 24.3 Å². The number of rotatable bonds is 2. The van der Waals surface area contributed by atoms with Crippen LogP contribution in [0, 0.1) is 0 Å². The molecule has 2 unspecified atom stereocenters. The lowest BCUT2D eigenvalue weighted by Gasteiger charge is -2.36. The van der Waals surface area contributed by atoms with Crippen LogP contribution in [0.3, 0.4) is 0 Å². The Kier molecular flexibility index (Phi) is 3.65. The maximum absolute atomic E-state index is 5.77. The molecule has 0 N–H and O–H groups in total. The molecule has 1 aliphatic heterocycles. The first-order valence-corrected chi connectivity index (χ1v) is 6.99. The summed E-state index contributed by atoms with van der Waals surface area (Å²) < 4.78 is 5.77. The maximum Gasteiger partial charge on any atom is 0.0885 e. The van der Waals surface area contributed by atoms with Gasteiger partial charge in [-0.3, -0.25) is 9.97 Å². The lowest BCUT2D eigenvalue weighted by atomic mass is 10.1. The minimum atomic E-state index is 0.276. The molecule has 1 aromatic heterocycles. The minimum Gasteiger partial charge on any atom is -0.372 e. The summed E-state index contributed by atoms with van der Waals surface area (Å²) in [5.41, 5.74) is 3.23. The van der Waals surface area contributed by atoms with Gasteiger partial charge in [-0.2, -0.15) is 0 Å². The molecule has 1 aliphatic rings. The van der Waals surface area contributed by atoms with E-state index >= 15 is 0 Å². The molecule has 3 rings (SSSR count). The van der Waals surface area contributed by atoms with Gasteiger partial charge in [-0.05, 0) is 26.0 Å². The van der Waals surface area contributed by atoms with E-state index < -0.39 is 0 Å². The van der Waals surface area contributed by atoms with E-state index in [2.05, 4.69) is 53.0 Å². The summed E-state index contributed by atoms with van der Waals surface area (Å²) in [6, 6.07) is 8.50. The van der Waals surface area contributed by atoms with Crippen LogP contribution in [0.2, 0.25) is 0 Å². The van der Waals surface area contributed by atoms with Crippen LogP contribution in [-0.2, 0) is 4.74 Å². The highest BCUT2D eigenvalue weighted by atomic mass is 16.5. The van der Waals surface area contributed by atoms with Crippen molar-refractivity contribution in [2.24, 2.45) is 0 Å². The molecule has 104 valence electrons. The molecule has 0 aliphatic carbocycles. The molecular formula is C16H19N3O. The van der Waals surface area contributed by atoms with Gasteiger partial charge in [0.1, 0.15) is 0 Å². The Labute approximate surface area is 119 Å². The molecule has 0 radical (unpaired) electrons. The third-order valence-electron chi connectivity index (χ3n) is 3.51. The predicted molar refractivity (Wildman–Crippen MR) is 79.7 cm³/mol. The lowest BCUT2D eigenvalue weighted by Crippen LogP contribution is -2.45. The van der Waals surface area contributed by atoms with E-state index in [4.69, 9.17) is 4.74 Å². The third-order valence-corrected chi connectivity index (χ3v) is 3.51. The van der Waals surface area contributed by atoms with Gasteiger partial charge in [0.05, 0.1) is 24.1 Å². The van der Waals surface area contributed by atoms with Crippen LogP contribution < -0.4 is 4.90 Å². The topological polar surface area (TPSA) is 38.2 Å². The van der Waals surface area contributed by atoms with E-state index in [1.807, 2.05) is 0 Å². The van der Waals surface area contributed by atoms with Gasteiger partial charge in [0.15, 0.2) is 0 Å². The zero-order valence-corrected chi connectivity index (χ0v) is 11.9. The largest absolute Gasteiger partial charge is 0.372 e. The highest BCUT2D eigenvalue weighted by Crippen LogP contribution is 2.23. The first kappa shape index (κ1) is 13.1. The van der Waals surface area contributed by atoms with Gasteiger partial charge in [-0.1, -0.05) is 12.1 Å². The van der Waals surface area contributed by atoms with E-state index in [1.54, 1.807) is 18.6 Å². The highest BCUT2D eigenvalue weighted by molar-refractivity contribution is 5.62. The number of hydrogen-bond acceptors (Lipinski definition) is 4. The first-order valence-electron chi connectivity index (χ1n) is 6.99. The second kappa shape index (κ2) is 5.59. The average molecular weight is 269 g/mol. The van der Waals surface area contributed by atoms with Crippen LogP contribution in [0.5, 0.6) is 0 Å². The monoisotopic (exact) mass is 269 g/mol. The van der Waals surface area contributed by atoms with Crippen molar-refractivity contribution in [3.63, 3.8) is 0 Å².